The Labute approximate surface area is 97.1 Å². The summed E-state index contributed by atoms with van der Waals surface area (Å²) in [5, 5.41) is 3.37. The third kappa shape index (κ3) is 2.39. The van der Waals surface area contributed by atoms with Crippen LogP contribution in [0.1, 0.15) is 29.7 Å². The molecule has 0 unspecified atom stereocenters. The maximum absolute atomic E-state index is 4.66. The minimum Gasteiger partial charge on any atom is -0.311 e. The molecule has 16 heavy (non-hydrogen) atoms. The van der Waals surface area contributed by atoms with E-state index in [1.807, 2.05) is 14.1 Å². The van der Waals surface area contributed by atoms with E-state index in [4.69, 9.17) is 0 Å². The zero-order valence-corrected chi connectivity index (χ0v) is 10.4. The lowest BCUT2D eigenvalue weighted by molar-refractivity contribution is 0.387. The Morgan fingerprint density at radius 3 is 2.81 bits per heavy atom. The van der Waals surface area contributed by atoms with Gasteiger partial charge in [-0.05, 0) is 39.0 Å². The van der Waals surface area contributed by atoms with Crippen molar-refractivity contribution in [3.05, 3.63) is 22.8 Å². The van der Waals surface area contributed by atoms with Gasteiger partial charge in [-0.15, -0.1) is 0 Å². The van der Waals surface area contributed by atoms with Crippen LogP contribution in [-0.2, 0) is 25.9 Å². The van der Waals surface area contributed by atoms with Crippen LogP contribution in [-0.4, -0.2) is 35.5 Å². The lowest BCUT2D eigenvalue weighted by atomic mass is 10.0. The normalized spacial score (nSPS) is 15.2. The second-order valence-electron chi connectivity index (χ2n) is 4.53. The zero-order valence-electron chi connectivity index (χ0n) is 10.4. The van der Waals surface area contributed by atoms with Crippen LogP contribution < -0.4 is 5.32 Å². The van der Waals surface area contributed by atoms with Gasteiger partial charge in [-0.1, -0.05) is 6.92 Å². The molecule has 1 aliphatic heterocycles. The molecule has 0 atom stereocenters. The van der Waals surface area contributed by atoms with Gasteiger partial charge in [0.2, 0.25) is 0 Å². The van der Waals surface area contributed by atoms with Gasteiger partial charge in [0.1, 0.15) is 5.82 Å². The molecule has 1 N–H and O–H groups in total. The molecule has 2 heterocycles. The number of rotatable bonds is 3. The first kappa shape index (κ1) is 11.5. The first-order chi connectivity index (χ1) is 7.70. The number of hydrogen-bond acceptors (Lipinski definition) is 4. The van der Waals surface area contributed by atoms with E-state index in [1.54, 1.807) is 0 Å². The highest BCUT2D eigenvalue weighted by Crippen LogP contribution is 2.16. The molecular formula is C12H20N4. The zero-order chi connectivity index (χ0) is 11.5. The molecule has 1 aromatic heterocycles. The van der Waals surface area contributed by atoms with Crippen molar-refractivity contribution < 1.29 is 0 Å². The highest BCUT2D eigenvalue weighted by atomic mass is 15.1. The van der Waals surface area contributed by atoms with Crippen molar-refractivity contribution in [1.29, 1.82) is 0 Å². The molecule has 0 spiro atoms. The first-order valence-corrected chi connectivity index (χ1v) is 5.93. The molecule has 0 amide bonds. The molecule has 1 aliphatic rings. The standard InChI is InChI=1S/C12H20N4/c1-4-10-9-5-6-13-7-11(9)15-12(14-10)8-16(2)3/h13H,4-8H2,1-3H3. The van der Waals surface area contributed by atoms with E-state index < -0.39 is 0 Å². The smallest absolute Gasteiger partial charge is 0.142 e. The summed E-state index contributed by atoms with van der Waals surface area (Å²) >= 11 is 0. The molecule has 0 fully saturated rings. The summed E-state index contributed by atoms with van der Waals surface area (Å²) in [6.07, 6.45) is 2.08. The van der Waals surface area contributed by atoms with Gasteiger partial charge in [0.25, 0.3) is 0 Å². The summed E-state index contributed by atoms with van der Waals surface area (Å²) in [5.41, 5.74) is 3.82. The van der Waals surface area contributed by atoms with E-state index in [9.17, 15) is 0 Å². The van der Waals surface area contributed by atoms with Crippen LogP contribution in [0.15, 0.2) is 0 Å². The molecule has 88 valence electrons. The first-order valence-electron chi connectivity index (χ1n) is 5.93. The number of aromatic nitrogens is 2. The maximum Gasteiger partial charge on any atom is 0.142 e. The number of hydrogen-bond donors (Lipinski definition) is 1. The van der Waals surface area contributed by atoms with Gasteiger partial charge >= 0.3 is 0 Å². The number of aryl methyl sites for hydroxylation is 1. The van der Waals surface area contributed by atoms with Gasteiger partial charge in [0.15, 0.2) is 0 Å². The minimum atomic E-state index is 0.820. The molecule has 0 aliphatic carbocycles. The molecular weight excluding hydrogens is 200 g/mol. The molecule has 0 saturated carbocycles. The quantitative estimate of drug-likeness (QED) is 0.816. The Kier molecular flexibility index (Phi) is 3.51. The molecule has 4 nitrogen and oxygen atoms in total. The summed E-state index contributed by atoms with van der Waals surface area (Å²) in [6.45, 7) is 4.94. The predicted octanol–water partition coefficient (Wildman–Crippen LogP) is 0.746. The lowest BCUT2D eigenvalue weighted by Crippen LogP contribution is -2.28. The topological polar surface area (TPSA) is 41.1 Å². The average molecular weight is 220 g/mol. The van der Waals surface area contributed by atoms with Crippen LogP contribution in [0.3, 0.4) is 0 Å². The Bertz CT molecular complexity index is 356. The fourth-order valence-corrected chi connectivity index (χ4v) is 2.14. The van der Waals surface area contributed by atoms with E-state index in [2.05, 4.69) is 27.1 Å². The van der Waals surface area contributed by atoms with Gasteiger partial charge in [-0.2, -0.15) is 0 Å². The Balaban J connectivity index is 2.35. The third-order valence-corrected chi connectivity index (χ3v) is 2.86. The number of nitrogens with zero attached hydrogens (tertiary/aromatic N) is 3. The van der Waals surface area contributed by atoms with Crippen molar-refractivity contribution in [1.82, 2.24) is 20.2 Å². The summed E-state index contributed by atoms with van der Waals surface area (Å²) < 4.78 is 0. The Morgan fingerprint density at radius 2 is 2.12 bits per heavy atom. The molecule has 1 aromatic rings. The number of nitrogens with one attached hydrogen (secondary N) is 1. The monoisotopic (exact) mass is 220 g/mol. The SMILES string of the molecule is CCc1nc(CN(C)C)nc2c1CCNC2. The van der Waals surface area contributed by atoms with Crippen molar-refractivity contribution in [3.8, 4) is 0 Å². The summed E-state index contributed by atoms with van der Waals surface area (Å²) in [6, 6.07) is 0. The van der Waals surface area contributed by atoms with Gasteiger partial charge in [-0.3, -0.25) is 0 Å². The van der Waals surface area contributed by atoms with Crippen molar-refractivity contribution in [2.45, 2.75) is 32.9 Å². The van der Waals surface area contributed by atoms with Gasteiger partial charge < -0.3 is 10.2 Å². The van der Waals surface area contributed by atoms with Crippen LogP contribution in [0.25, 0.3) is 0 Å². The lowest BCUT2D eigenvalue weighted by Gasteiger charge is -2.20. The van der Waals surface area contributed by atoms with Crippen LogP contribution in [0, 0.1) is 0 Å². The molecule has 2 rings (SSSR count). The second-order valence-corrected chi connectivity index (χ2v) is 4.53. The predicted molar refractivity (Wildman–Crippen MR) is 64.2 cm³/mol. The van der Waals surface area contributed by atoms with E-state index in [0.717, 1.165) is 38.3 Å². The average Bonchev–Trinajstić information content (AvgIpc) is 2.27. The molecule has 0 saturated heterocycles. The summed E-state index contributed by atoms with van der Waals surface area (Å²) in [5.74, 6) is 0.948. The van der Waals surface area contributed by atoms with E-state index >= 15 is 0 Å². The van der Waals surface area contributed by atoms with Crippen molar-refractivity contribution in [2.75, 3.05) is 20.6 Å². The van der Waals surface area contributed by atoms with Gasteiger partial charge in [0, 0.05) is 12.2 Å². The maximum atomic E-state index is 4.66. The van der Waals surface area contributed by atoms with Gasteiger partial charge in [-0.25, -0.2) is 9.97 Å². The number of fused-ring (bicyclic) bond motifs is 1. The minimum absolute atomic E-state index is 0.820. The van der Waals surface area contributed by atoms with E-state index in [0.29, 0.717) is 0 Å². The molecule has 0 radical (unpaired) electrons. The van der Waals surface area contributed by atoms with Gasteiger partial charge in [0.05, 0.1) is 12.2 Å². The van der Waals surface area contributed by atoms with Crippen LogP contribution in [0.5, 0.6) is 0 Å². The van der Waals surface area contributed by atoms with Crippen LogP contribution in [0.4, 0.5) is 0 Å². The van der Waals surface area contributed by atoms with E-state index in [-0.39, 0.29) is 0 Å². The summed E-state index contributed by atoms with van der Waals surface area (Å²) in [7, 11) is 4.10. The molecule has 0 aromatic carbocycles. The summed E-state index contributed by atoms with van der Waals surface area (Å²) in [4.78, 5) is 11.4. The van der Waals surface area contributed by atoms with Crippen LogP contribution in [0.2, 0.25) is 0 Å². The largest absolute Gasteiger partial charge is 0.311 e. The second kappa shape index (κ2) is 4.89. The molecule has 4 heteroatoms. The van der Waals surface area contributed by atoms with Crippen molar-refractivity contribution in [3.63, 3.8) is 0 Å². The highest BCUT2D eigenvalue weighted by Gasteiger charge is 2.16. The fraction of sp³-hybridized carbons (Fsp3) is 0.667. The third-order valence-electron chi connectivity index (χ3n) is 2.86. The fourth-order valence-electron chi connectivity index (χ4n) is 2.14. The van der Waals surface area contributed by atoms with Crippen molar-refractivity contribution in [2.24, 2.45) is 0 Å². The Morgan fingerprint density at radius 1 is 1.31 bits per heavy atom. The van der Waals surface area contributed by atoms with E-state index in [1.165, 1.54) is 17.0 Å². The van der Waals surface area contributed by atoms with Crippen molar-refractivity contribution >= 4 is 0 Å². The Hall–Kier alpha value is -1.00. The highest BCUT2D eigenvalue weighted by molar-refractivity contribution is 5.28. The van der Waals surface area contributed by atoms with Crippen LogP contribution >= 0.6 is 0 Å². The molecule has 0 bridgehead atoms.